The Balaban J connectivity index is 2.85. The molecule has 0 aliphatic carbocycles. The maximum absolute atomic E-state index is 5.53. The van der Waals surface area contributed by atoms with Crippen molar-refractivity contribution < 1.29 is 4.74 Å². The molecule has 0 radical (unpaired) electrons. The predicted molar refractivity (Wildman–Crippen MR) is 62.4 cm³/mol. The maximum atomic E-state index is 5.53. The minimum atomic E-state index is 0.808. The highest BCUT2D eigenvalue weighted by atomic mass is 16.5. The molecule has 0 saturated heterocycles. The summed E-state index contributed by atoms with van der Waals surface area (Å²) in [5, 5.41) is 0. The van der Waals surface area contributed by atoms with E-state index in [9.17, 15) is 0 Å². The second-order valence-corrected chi connectivity index (χ2v) is 4.35. The monoisotopic (exact) mass is 201 g/mol. The highest BCUT2D eigenvalue weighted by molar-refractivity contribution is 4.46. The van der Waals surface area contributed by atoms with Crippen LogP contribution in [-0.4, -0.2) is 19.8 Å². The van der Waals surface area contributed by atoms with E-state index in [-0.39, 0.29) is 0 Å². The van der Waals surface area contributed by atoms with E-state index < -0.39 is 0 Å². The number of unbranched alkanes of at least 4 members (excludes halogenated alkanes) is 3. The van der Waals surface area contributed by atoms with Crippen LogP contribution in [0.3, 0.4) is 0 Å². The van der Waals surface area contributed by atoms with Gasteiger partial charge in [0.2, 0.25) is 0 Å². The minimum absolute atomic E-state index is 0.808. The first-order chi connectivity index (χ1) is 6.77. The topological polar surface area (TPSA) is 35.2 Å². The first-order valence-electron chi connectivity index (χ1n) is 6.05. The van der Waals surface area contributed by atoms with E-state index in [1.807, 2.05) is 0 Å². The van der Waals surface area contributed by atoms with Gasteiger partial charge < -0.3 is 10.5 Å². The third kappa shape index (κ3) is 11.9. The lowest BCUT2D eigenvalue weighted by Gasteiger charge is -2.05. The fourth-order valence-corrected chi connectivity index (χ4v) is 1.40. The molecule has 0 aliphatic heterocycles. The fraction of sp³-hybridized carbons (Fsp3) is 1.00. The predicted octanol–water partition coefficient (Wildman–Crippen LogP) is 2.96. The van der Waals surface area contributed by atoms with Crippen molar-refractivity contribution >= 4 is 0 Å². The van der Waals surface area contributed by atoms with Gasteiger partial charge in [0.05, 0.1) is 0 Å². The Labute approximate surface area is 89.2 Å². The molecule has 0 heterocycles. The van der Waals surface area contributed by atoms with Gasteiger partial charge in [0, 0.05) is 13.2 Å². The molecular weight excluding hydrogens is 174 g/mol. The summed E-state index contributed by atoms with van der Waals surface area (Å²) >= 11 is 0. The Kier molecular flexibility index (Phi) is 10.9. The van der Waals surface area contributed by atoms with E-state index >= 15 is 0 Å². The highest BCUT2D eigenvalue weighted by Crippen LogP contribution is 2.04. The average Bonchev–Trinajstić information content (AvgIpc) is 2.15. The zero-order chi connectivity index (χ0) is 10.6. The second-order valence-electron chi connectivity index (χ2n) is 4.35. The molecule has 0 aromatic rings. The molecule has 86 valence electrons. The second kappa shape index (κ2) is 11.0. The van der Waals surface area contributed by atoms with Crippen LogP contribution in [0.2, 0.25) is 0 Å². The Morgan fingerprint density at radius 3 is 2.21 bits per heavy atom. The molecule has 0 bridgehead atoms. The summed E-state index contributed by atoms with van der Waals surface area (Å²) in [5.74, 6) is 0.808. The molecule has 0 spiro atoms. The molecule has 2 N–H and O–H groups in total. The zero-order valence-corrected chi connectivity index (χ0v) is 9.93. The van der Waals surface area contributed by atoms with Gasteiger partial charge in [-0.2, -0.15) is 0 Å². The molecule has 0 atom stereocenters. The number of nitrogens with two attached hydrogens (primary N) is 1. The molecule has 0 aromatic carbocycles. The molecule has 2 nitrogen and oxygen atoms in total. The third-order valence-corrected chi connectivity index (χ3v) is 2.31. The summed E-state index contributed by atoms with van der Waals surface area (Å²) in [4.78, 5) is 0. The van der Waals surface area contributed by atoms with Crippen molar-refractivity contribution in [2.24, 2.45) is 11.7 Å². The molecule has 0 unspecified atom stereocenters. The summed E-state index contributed by atoms with van der Waals surface area (Å²) in [6.45, 7) is 7.21. The van der Waals surface area contributed by atoms with Crippen LogP contribution in [0.1, 0.15) is 52.4 Å². The van der Waals surface area contributed by atoms with Crippen molar-refractivity contribution in [3.63, 3.8) is 0 Å². The van der Waals surface area contributed by atoms with Gasteiger partial charge in [0.15, 0.2) is 0 Å². The summed E-state index contributed by atoms with van der Waals surface area (Å²) < 4.78 is 5.53. The van der Waals surface area contributed by atoms with Crippen LogP contribution in [-0.2, 0) is 4.74 Å². The quantitative estimate of drug-likeness (QED) is 0.552. The first-order valence-corrected chi connectivity index (χ1v) is 6.05. The van der Waals surface area contributed by atoms with E-state index in [4.69, 9.17) is 10.5 Å². The Morgan fingerprint density at radius 2 is 1.57 bits per heavy atom. The first kappa shape index (κ1) is 13.9. The average molecular weight is 201 g/mol. The van der Waals surface area contributed by atoms with Gasteiger partial charge in [-0.25, -0.2) is 0 Å². The van der Waals surface area contributed by atoms with Gasteiger partial charge in [0.25, 0.3) is 0 Å². The molecule has 0 saturated carbocycles. The number of ether oxygens (including phenoxy) is 1. The van der Waals surface area contributed by atoms with E-state index in [2.05, 4.69) is 13.8 Å². The van der Waals surface area contributed by atoms with Crippen LogP contribution in [0.15, 0.2) is 0 Å². The summed E-state index contributed by atoms with van der Waals surface area (Å²) in [6.07, 6.45) is 7.37. The SMILES string of the molecule is CC(C)CCCOCCCCCCN. The van der Waals surface area contributed by atoms with Crippen LogP contribution in [0, 0.1) is 5.92 Å². The van der Waals surface area contributed by atoms with Gasteiger partial charge in [-0.3, -0.25) is 0 Å². The summed E-state index contributed by atoms with van der Waals surface area (Å²) in [5.41, 5.74) is 5.41. The van der Waals surface area contributed by atoms with Crippen LogP contribution in [0.5, 0.6) is 0 Å². The molecule has 0 aliphatic rings. The van der Waals surface area contributed by atoms with Gasteiger partial charge >= 0.3 is 0 Å². The van der Waals surface area contributed by atoms with E-state index in [0.29, 0.717) is 0 Å². The Bertz CT molecular complexity index is 104. The zero-order valence-electron chi connectivity index (χ0n) is 9.93. The van der Waals surface area contributed by atoms with Gasteiger partial charge in [-0.15, -0.1) is 0 Å². The van der Waals surface area contributed by atoms with Crippen LogP contribution in [0.4, 0.5) is 0 Å². The fourth-order valence-electron chi connectivity index (χ4n) is 1.40. The highest BCUT2D eigenvalue weighted by Gasteiger charge is 1.94. The molecule has 0 aromatic heterocycles. The maximum Gasteiger partial charge on any atom is 0.0466 e. The number of hydrogen-bond acceptors (Lipinski definition) is 2. The van der Waals surface area contributed by atoms with E-state index in [0.717, 1.165) is 32.1 Å². The normalized spacial score (nSPS) is 11.1. The molecule has 14 heavy (non-hydrogen) atoms. The number of rotatable bonds is 10. The van der Waals surface area contributed by atoms with Crippen molar-refractivity contribution in [3.05, 3.63) is 0 Å². The third-order valence-electron chi connectivity index (χ3n) is 2.31. The van der Waals surface area contributed by atoms with Gasteiger partial charge in [0.1, 0.15) is 0 Å². The van der Waals surface area contributed by atoms with Gasteiger partial charge in [-0.1, -0.05) is 26.7 Å². The van der Waals surface area contributed by atoms with Crippen LogP contribution in [0.25, 0.3) is 0 Å². The van der Waals surface area contributed by atoms with Crippen molar-refractivity contribution in [1.82, 2.24) is 0 Å². The Morgan fingerprint density at radius 1 is 0.929 bits per heavy atom. The number of hydrogen-bond donors (Lipinski definition) is 1. The molecule has 2 heteroatoms. The minimum Gasteiger partial charge on any atom is -0.381 e. The van der Waals surface area contributed by atoms with Gasteiger partial charge in [-0.05, 0) is 38.1 Å². The van der Waals surface area contributed by atoms with E-state index in [1.165, 1.54) is 32.1 Å². The lowest BCUT2D eigenvalue weighted by atomic mass is 10.1. The largest absolute Gasteiger partial charge is 0.381 e. The van der Waals surface area contributed by atoms with E-state index in [1.54, 1.807) is 0 Å². The van der Waals surface area contributed by atoms with Crippen LogP contribution < -0.4 is 5.73 Å². The Hall–Kier alpha value is -0.0800. The van der Waals surface area contributed by atoms with Crippen molar-refractivity contribution in [2.45, 2.75) is 52.4 Å². The lowest BCUT2D eigenvalue weighted by molar-refractivity contribution is 0.124. The lowest BCUT2D eigenvalue weighted by Crippen LogP contribution is -2.00. The smallest absolute Gasteiger partial charge is 0.0466 e. The van der Waals surface area contributed by atoms with Crippen molar-refractivity contribution in [2.75, 3.05) is 19.8 Å². The molecular formula is C12H27NO. The standard InChI is InChI=1S/C12H27NO/c1-12(2)8-7-11-14-10-6-4-3-5-9-13/h12H,3-11,13H2,1-2H3. The molecule has 0 rings (SSSR count). The molecule has 0 fully saturated rings. The molecule has 0 amide bonds. The van der Waals surface area contributed by atoms with Crippen molar-refractivity contribution in [1.29, 1.82) is 0 Å². The van der Waals surface area contributed by atoms with Crippen molar-refractivity contribution in [3.8, 4) is 0 Å². The van der Waals surface area contributed by atoms with Crippen LogP contribution >= 0.6 is 0 Å². The summed E-state index contributed by atoms with van der Waals surface area (Å²) in [6, 6.07) is 0. The summed E-state index contributed by atoms with van der Waals surface area (Å²) in [7, 11) is 0.